The molecular formula is C17H22ClN7O. The summed E-state index contributed by atoms with van der Waals surface area (Å²) in [5.41, 5.74) is 7.38. The van der Waals surface area contributed by atoms with E-state index < -0.39 is 5.54 Å². The van der Waals surface area contributed by atoms with Crippen LogP contribution in [0.15, 0.2) is 28.3 Å². The number of nitrogens with one attached hydrogen (secondary N) is 1. The number of pyridine rings is 1. The quantitative estimate of drug-likeness (QED) is 0.430. The van der Waals surface area contributed by atoms with Crippen molar-refractivity contribution in [3.05, 3.63) is 23.5 Å². The van der Waals surface area contributed by atoms with Crippen molar-refractivity contribution in [2.45, 2.75) is 25.3 Å². The number of aliphatic imine (C=N–C) groups is 2. The Morgan fingerprint density at radius 3 is 2.85 bits per heavy atom. The van der Waals surface area contributed by atoms with Crippen molar-refractivity contribution in [1.29, 1.82) is 0 Å². The molecule has 138 valence electrons. The highest BCUT2D eigenvalue weighted by atomic mass is 35.5. The Bertz CT molecular complexity index is 824. The molecule has 0 atom stereocenters. The Kier molecular flexibility index (Phi) is 5.36. The number of halogens is 1. The number of amidine groups is 1. The fraction of sp³-hybridized carbons (Fsp3) is 0.412. The molecule has 0 amide bonds. The van der Waals surface area contributed by atoms with Gasteiger partial charge in [0.25, 0.3) is 0 Å². The number of nitrogens with two attached hydrogens (primary N) is 1. The van der Waals surface area contributed by atoms with E-state index in [4.69, 9.17) is 17.3 Å². The second-order valence-corrected chi connectivity index (χ2v) is 6.79. The fourth-order valence-electron chi connectivity index (χ4n) is 2.97. The number of rotatable bonds is 4. The van der Waals surface area contributed by atoms with E-state index in [-0.39, 0.29) is 6.61 Å². The molecule has 26 heavy (non-hydrogen) atoms. The summed E-state index contributed by atoms with van der Waals surface area (Å²) in [5, 5.41) is 16.9. The molecule has 0 saturated carbocycles. The maximum Gasteiger partial charge on any atom is 0.176 e. The van der Waals surface area contributed by atoms with Gasteiger partial charge in [-0.25, -0.2) is 9.98 Å². The van der Waals surface area contributed by atoms with Crippen LogP contribution >= 0.6 is 11.6 Å². The van der Waals surface area contributed by atoms with Crippen molar-refractivity contribution in [3.63, 3.8) is 0 Å². The van der Waals surface area contributed by atoms with E-state index >= 15 is 0 Å². The summed E-state index contributed by atoms with van der Waals surface area (Å²) in [5.74, 6) is 1.33. The molecule has 0 aliphatic carbocycles. The number of hydrogen-bond acceptors (Lipinski definition) is 6. The predicted octanol–water partition coefficient (Wildman–Crippen LogP) is 2.29. The first kappa shape index (κ1) is 18.5. The van der Waals surface area contributed by atoms with Gasteiger partial charge in [0.1, 0.15) is 22.4 Å². The molecule has 2 aromatic heterocycles. The Morgan fingerprint density at radius 2 is 2.23 bits per heavy atom. The van der Waals surface area contributed by atoms with Crippen LogP contribution in [-0.2, 0) is 0 Å². The van der Waals surface area contributed by atoms with Crippen molar-refractivity contribution in [2.75, 3.05) is 19.7 Å². The summed E-state index contributed by atoms with van der Waals surface area (Å²) < 4.78 is 0. The third kappa shape index (κ3) is 3.62. The average Bonchev–Trinajstić information content (AvgIpc) is 3.05. The largest absolute Gasteiger partial charge is 0.394 e. The van der Waals surface area contributed by atoms with E-state index in [0.717, 1.165) is 18.9 Å². The van der Waals surface area contributed by atoms with Gasteiger partial charge in [0.05, 0.1) is 6.61 Å². The Balaban J connectivity index is 1.85. The van der Waals surface area contributed by atoms with Crippen molar-refractivity contribution in [3.8, 4) is 11.3 Å². The molecule has 4 N–H and O–H groups in total. The van der Waals surface area contributed by atoms with Crippen LogP contribution in [0.4, 0.5) is 11.5 Å². The van der Waals surface area contributed by atoms with Gasteiger partial charge in [0.2, 0.25) is 0 Å². The standard InChI is InChI=1S/C17H22ClN7O/c1-11(25-8-5-17(19,10-26)6-9-25)22-16-14(20-2)13(23-24-16)12-4-3-7-21-15(12)18/h3-4,7,26H,2,5-6,8-10,19H2,1H3,(H,23,24)/b22-11+. The lowest BCUT2D eigenvalue weighted by molar-refractivity contribution is 0.135. The van der Waals surface area contributed by atoms with Crippen molar-refractivity contribution in [1.82, 2.24) is 20.1 Å². The van der Waals surface area contributed by atoms with E-state index in [9.17, 15) is 5.11 Å². The van der Waals surface area contributed by atoms with Crippen LogP contribution in [0, 0.1) is 0 Å². The molecule has 2 aromatic rings. The van der Waals surface area contributed by atoms with Crippen LogP contribution in [0.1, 0.15) is 19.8 Å². The fourth-order valence-corrected chi connectivity index (χ4v) is 3.18. The zero-order chi connectivity index (χ0) is 18.7. The number of aliphatic hydroxyl groups excluding tert-OH is 1. The predicted molar refractivity (Wildman–Crippen MR) is 104 cm³/mol. The van der Waals surface area contributed by atoms with Crippen LogP contribution in [0.5, 0.6) is 0 Å². The molecule has 3 rings (SSSR count). The molecule has 0 unspecified atom stereocenters. The lowest BCUT2D eigenvalue weighted by Gasteiger charge is -2.38. The molecule has 0 radical (unpaired) electrons. The van der Waals surface area contributed by atoms with Crippen LogP contribution in [-0.4, -0.2) is 63.0 Å². The number of aromatic nitrogens is 3. The number of likely N-dealkylation sites (tertiary alicyclic amines) is 1. The van der Waals surface area contributed by atoms with E-state index in [1.807, 2.05) is 13.0 Å². The lowest BCUT2D eigenvalue weighted by Crippen LogP contribution is -2.53. The van der Waals surface area contributed by atoms with Crippen LogP contribution in [0.2, 0.25) is 5.15 Å². The summed E-state index contributed by atoms with van der Waals surface area (Å²) in [7, 11) is 0. The number of aliphatic hydroxyl groups is 1. The van der Waals surface area contributed by atoms with Crippen molar-refractivity contribution >= 4 is 35.7 Å². The second kappa shape index (κ2) is 7.53. The molecule has 1 aliphatic heterocycles. The highest BCUT2D eigenvalue weighted by molar-refractivity contribution is 6.32. The molecule has 1 fully saturated rings. The minimum absolute atomic E-state index is 0.00264. The summed E-state index contributed by atoms with van der Waals surface area (Å²) >= 11 is 6.16. The molecule has 0 bridgehead atoms. The maximum absolute atomic E-state index is 9.39. The third-order valence-electron chi connectivity index (χ3n) is 4.70. The molecular weight excluding hydrogens is 354 g/mol. The lowest BCUT2D eigenvalue weighted by atomic mass is 9.89. The zero-order valence-electron chi connectivity index (χ0n) is 14.6. The number of aromatic amines is 1. The maximum atomic E-state index is 9.39. The van der Waals surface area contributed by atoms with E-state index in [1.165, 1.54) is 0 Å². The van der Waals surface area contributed by atoms with E-state index in [1.54, 1.807) is 12.3 Å². The summed E-state index contributed by atoms with van der Waals surface area (Å²) in [6.45, 7) is 7.02. The van der Waals surface area contributed by atoms with Gasteiger partial charge in [-0.15, -0.1) is 0 Å². The third-order valence-corrected chi connectivity index (χ3v) is 5.00. The second-order valence-electron chi connectivity index (χ2n) is 6.44. The Morgan fingerprint density at radius 1 is 1.50 bits per heavy atom. The van der Waals surface area contributed by atoms with Crippen LogP contribution in [0.3, 0.4) is 0 Å². The number of H-pyrrole nitrogens is 1. The number of piperidine rings is 1. The highest BCUT2D eigenvalue weighted by Gasteiger charge is 2.30. The average molecular weight is 376 g/mol. The summed E-state index contributed by atoms with van der Waals surface area (Å²) in [6.07, 6.45) is 3.04. The van der Waals surface area contributed by atoms with Crippen molar-refractivity contribution < 1.29 is 5.11 Å². The van der Waals surface area contributed by atoms with Gasteiger partial charge in [-0.3, -0.25) is 10.1 Å². The highest BCUT2D eigenvalue weighted by Crippen LogP contribution is 2.38. The van der Waals surface area contributed by atoms with Crippen LogP contribution in [0.25, 0.3) is 11.3 Å². The van der Waals surface area contributed by atoms with Crippen molar-refractivity contribution in [2.24, 2.45) is 15.7 Å². The van der Waals surface area contributed by atoms with E-state index in [0.29, 0.717) is 40.8 Å². The van der Waals surface area contributed by atoms with Crippen LogP contribution < -0.4 is 5.73 Å². The minimum atomic E-state index is -0.497. The van der Waals surface area contributed by atoms with E-state index in [2.05, 4.69) is 36.8 Å². The Labute approximate surface area is 156 Å². The Hall–Kier alpha value is -2.29. The molecule has 8 nitrogen and oxygen atoms in total. The first-order valence-electron chi connectivity index (χ1n) is 8.33. The SMILES string of the molecule is C=Nc1c(-c2cccnc2Cl)n[nH]c1/N=C(\C)N1CCC(N)(CO)CC1. The van der Waals surface area contributed by atoms with Gasteiger partial charge in [0, 0.05) is 30.4 Å². The molecule has 1 saturated heterocycles. The topological polar surface area (TPSA) is 116 Å². The zero-order valence-corrected chi connectivity index (χ0v) is 15.4. The van der Waals surface area contributed by atoms with Gasteiger partial charge in [-0.1, -0.05) is 11.6 Å². The first-order chi connectivity index (χ1) is 12.5. The minimum Gasteiger partial charge on any atom is -0.394 e. The normalized spacial score (nSPS) is 17.4. The monoisotopic (exact) mass is 375 g/mol. The molecule has 1 aliphatic rings. The number of hydrogen-bond donors (Lipinski definition) is 3. The number of nitrogens with zero attached hydrogens (tertiary/aromatic N) is 5. The smallest absolute Gasteiger partial charge is 0.176 e. The molecule has 9 heteroatoms. The van der Waals surface area contributed by atoms with Gasteiger partial charge in [-0.2, -0.15) is 5.10 Å². The molecule has 0 aromatic carbocycles. The first-order valence-corrected chi connectivity index (χ1v) is 8.71. The van der Waals surface area contributed by atoms with Gasteiger partial charge >= 0.3 is 0 Å². The van der Waals surface area contributed by atoms with Gasteiger partial charge in [-0.05, 0) is 38.6 Å². The van der Waals surface area contributed by atoms with Gasteiger partial charge < -0.3 is 15.7 Å². The summed E-state index contributed by atoms with van der Waals surface area (Å²) in [6, 6.07) is 3.60. The molecule has 0 spiro atoms. The van der Waals surface area contributed by atoms with Gasteiger partial charge in [0.15, 0.2) is 5.82 Å². The summed E-state index contributed by atoms with van der Waals surface area (Å²) in [4.78, 5) is 14.9. The molecule has 3 heterocycles.